The Morgan fingerprint density at radius 1 is 1.44 bits per heavy atom. The lowest BCUT2D eigenvalue weighted by molar-refractivity contribution is 0.424. The number of aryl methyl sites for hydroxylation is 1. The highest BCUT2D eigenvalue weighted by Crippen LogP contribution is 2.17. The maximum atomic E-state index is 5.52. The molecule has 0 aliphatic carbocycles. The molecule has 1 atom stereocenters. The molecule has 0 bridgehead atoms. The summed E-state index contributed by atoms with van der Waals surface area (Å²) in [6.07, 6.45) is 4.60. The van der Waals surface area contributed by atoms with Crippen LogP contribution in [0.2, 0.25) is 0 Å². The van der Waals surface area contributed by atoms with Gasteiger partial charge in [0.25, 0.3) is 0 Å². The number of hydrogen-bond donors (Lipinski definition) is 2. The van der Waals surface area contributed by atoms with E-state index in [0.717, 1.165) is 18.7 Å². The molecule has 1 unspecified atom stereocenters. The third-order valence-electron chi connectivity index (χ3n) is 2.47. The minimum Gasteiger partial charge on any atom is -0.406 e. The second kappa shape index (κ2) is 5.63. The molecule has 7 nitrogen and oxygen atoms in total. The fourth-order valence-corrected chi connectivity index (χ4v) is 1.52. The molecule has 0 spiro atoms. The second-order valence-electron chi connectivity index (χ2n) is 4.15. The maximum Gasteiger partial charge on any atom is 0.320 e. The normalized spacial score (nSPS) is 12.6. The summed E-state index contributed by atoms with van der Waals surface area (Å²) in [6.45, 7) is 5.04. The highest BCUT2D eigenvalue weighted by atomic mass is 16.4. The lowest BCUT2D eigenvalue weighted by atomic mass is 10.3. The Morgan fingerprint density at radius 2 is 2.28 bits per heavy atom. The minimum absolute atomic E-state index is 0.0573. The Bertz CT molecular complexity index is 491. The van der Waals surface area contributed by atoms with Crippen molar-refractivity contribution in [2.24, 2.45) is 7.05 Å². The summed E-state index contributed by atoms with van der Waals surface area (Å²) in [6, 6.07) is 0.435. The minimum atomic E-state index is 0.0573. The molecular formula is C11H18N6O. The molecular weight excluding hydrogens is 232 g/mol. The summed E-state index contributed by atoms with van der Waals surface area (Å²) in [4.78, 5) is 0. The molecule has 0 aromatic carbocycles. The van der Waals surface area contributed by atoms with Gasteiger partial charge in [0.1, 0.15) is 0 Å². The largest absolute Gasteiger partial charge is 0.406 e. The van der Waals surface area contributed by atoms with E-state index < -0.39 is 0 Å². The van der Waals surface area contributed by atoms with Crippen LogP contribution in [0.5, 0.6) is 0 Å². The van der Waals surface area contributed by atoms with E-state index in [-0.39, 0.29) is 6.04 Å². The van der Waals surface area contributed by atoms with Crippen LogP contribution in [0.3, 0.4) is 0 Å². The summed E-state index contributed by atoms with van der Waals surface area (Å²) < 4.78 is 7.22. The van der Waals surface area contributed by atoms with Crippen molar-refractivity contribution >= 4 is 11.7 Å². The van der Waals surface area contributed by atoms with Crippen LogP contribution in [-0.4, -0.2) is 26.5 Å². The first kappa shape index (κ1) is 12.6. The van der Waals surface area contributed by atoms with Gasteiger partial charge in [0.05, 0.1) is 17.9 Å². The van der Waals surface area contributed by atoms with Gasteiger partial charge in [-0.05, 0) is 19.9 Å². The Morgan fingerprint density at radius 3 is 2.94 bits per heavy atom. The Labute approximate surface area is 106 Å². The number of nitrogens with one attached hydrogen (secondary N) is 2. The molecule has 98 valence electrons. The molecule has 0 saturated heterocycles. The van der Waals surface area contributed by atoms with Gasteiger partial charge in [-0.1, -0.05) is 12.0 Å². The predicted molar refractivity (Wildman–Crippen MR) is 67.5 cm³/mol. The molecule has 7 heteroatoms. The van der Waals surface area contributed by atoms with E-state index in [2.05, 4.69) is 32.9 Å². The van der Waals surface area contributed by atoms with Gasteiger partial charge in [0.2, 0.25) is 5.89 Å². The smallest absolute Gasteiger partial charge is 0.320 e. The third-order valence-corrected chi connectivity index (χ3v) is 2.47. The first-order valence-corrected chi connectivity index (χ1v) is 6.01. The van der Waals surface area contributed by atoms with E-state index in [1.165, 1.54) is 0 Å². The van der Waals surface area contributed by atoms with Crippen LogP contribution >= 0.6 is 0 Å². The van der Waals surface area contributed by atoms with E-state index >= 15 is 0 Å². The molecule has 2 aromatic heterocycles. The highest BCUT2D eigenvalue weighted by molar-refractivity contribution is 5.48. The topological polar surface area (TPSA) is 80.8 Å². The van der Waals surface area contributed by atoms with Crippen molar-refractivity contribution in [3.63, 3.8) is 0 Å². The van der Waals surface area contributed by atoms with Gasteiger partial charge >= 0.3 is 6.01 Å². The van der Waals surface area contributed by atoms with Crippen LogP contribution in [0.1, 0.15) is 32.2 Å². The van der Waals surface area contributed by atoms with Crippen LogP contribution in [0.25, 0.3) is 0 Å². The zero-order chi connectivity index (χ0) is 13.0. The van der Waals surface area contributed by atoms with E-state index in [9.17, 15) is 0 Å². The molecule has 0 fully saturated rings. The van der Waals surface area contributed by atoms with Crippen molar-refractivity contribution in [2.45, 2.75) is 26.3 Å². The number of aromatic nitrogens is 4. The van der Waals surface area contributed by atoms with Gasteiger partial charge in [-0.15, -0.1) is 5.10 Å². The van der Waals surface area contributed by atoms with Crippen molar-refractivity contribution < 1.29 is 4.42 Å². The van der Waals surface area contributed by atoms with Gasteiger partial charge in [-0.2, -0.15) is 5.10 Å². The van der Waals surface area contributed by atoms with E-state index in [1.807, 2.05) is 20.2 Å². The number of rotatable bonds is 6. The predicted octanol–water partition coefficient (Wildman–Crippen LogP) is 1.61. The Kier molecular flexibility index (Phi) is 3.93. The molecule has 18 heavy (non-hydrogen) atoms. The quantitative estimate of drug-likeness (QED) is 0.810. The summed E-state index contributed by atoms with van der Waals surface area (Å²) >= 11 is 0. The van der Waals surface area contributed by atoms with Gasteiger partial charge in [-0.3, -0.25) is 4.68 Å². The van der Waals surface area contributed by atoms with E-state index in [0.29, 0.717) is 11.9 Å². The lowest BCUT2D eigenvalue weighted by Gasteiger charge is -2.07. The van der Waals surface area contributed by atoms with Gasteiger partial charge in [0.15, 0.2) is 0 Å². The van der Waals surface area contributed by atoms with Crippen LogP contribution in [0.4, 0.5) is 11.7 Å². The average Bonchev–Trinajstić information content (AvgIpc) is 2.96. The molecule has 0 aliphatic rings. The Hall–Kier alpha value is -1.89. The van der Waals surface area contributed by atoms with Crippen molar-refractivity contribution in [1.82, 2.24) is 25.3 Å². The van der Waals surface area contributed by atoms with Crippen LogP contribution < -0.4 is 10.6 Å². The van der Waals surface area contributed by atoms with Crippen molar-refractivity contribution in [2.75, 3.05) is 11.9 Å². The van der Waals surface area contributed by atoms with Gasteiger partial charge in [-0.25, -0.2) is 0 Å². The first-order valence-electron chi connectivity index (χ1n) is 6.01. The van der Waals surface area contributed by atoms with Gasteiger partial charge < -0.3 is 15.1 Å². The van der Waals surface area contributed by atoms with Crippen LogP contribution in [0.15, 0.2) is 16.8 Å². The molecule has 0 amide bonds. The van der Waals surface area contributed by atoms with E-state index in [1.54, 1.807) is 10.9 Å². The standard InChI is InChI=1S/C11H18N6O/c1-4-5-12-8(2)10-15-16-11(18-10)14-9-6-13-17(3)7-9/h6-8,12H,4-5H2,1-3H3,(H,14,16). The Balaban J connectivity index is 1.97. The molecule has 0 saturated carbocycles. The fourth-order valence-electron chi connectivity index (χ4n) is 1.52. The monoisotopic (exact) mass is 250 g/mol. The molecule has 0 aliphatic heterocycles. The molecule has 2 heterocycles. The molecule has 0 radical (unpaired) electrons. The van der Waals surface area contributed by atoms with Crippen molar-refractivity contribution in [1.29, 1.82) is 0 Å². The second-order valence-corrected chi connectivity index (χ2v) is 4.15. The number of hydrogen-bond acceptors (Lipinski definition) is 6. The summed E-state index contributed by atoms with van der Waals surface area (Å²) in [5.74, 6) is 0.579. The molecule has 2 rings (SSSR count). The zero-order valence-corrected chi connectivity index (χ0v) is 10.8. The maximum absolute atomic E-state index is 5.52. The van der Waals surface area contributed by atoms with Crippen LogP contribution in [-0.2, 0) is 7.05 Å². The summed E-state index contributed by atoms with van der Waals surface area (Å²) in [5.41, 5.74) is 0.821. The van der Waals surface area contributed by atoms with Crippen molar-refractivity contribution in [3.8, 4) is 0 Å². The lowest BCUT2D eigenvalue weighted by Crippen LogP contribution is -2.19. The first-order chi connectivity index (χ1) is 8.69. The fraction of sp³-hybridized carbons (Fsp3) is 0.545. The average molecular weight is 250 g/mol. The number of nitrogens with zero attached hydrogens (tertiary/aromatic N) is 4. The van der Waals surface area contributed by atoms with Crippen LogP contribution in [0, 0.1) is 0 Å². The summed E-state index contributed by atoms with van der Waals surface area (Å²) in [7, 11) is 1.85. The summed E-state index contributed by atoms with van der Waals surface area (Å²) in [5, 5.41) is 18.3. The van der Waals surface area contributed by atoms with Crippen molar-refractivity contribution in [3.05, 3.63) is 18.3 Å². The van der Waals surface area contributed by atoms with Gasteiger partial charge in [0, 0.05) is 13.2 Å². The molecule has 2 N–H and O–H groups in total. The zero-order valence-electron chi connectivity index (χ0n) is 10.8. The number of anilines is 2. The third kappa shape index (κ3) is 3.07. The highest BCUT2D eigenvalue weighted by Gasteiger charge is 2.13. The van der Waals surface area contributed by atoms with E-state index in [4.69, 9.17) is 4.42 Å². The SMILES string of the molecule is CCCNC(C)c1nnc(Nc2cnn(C)c2)o1. The molecule has 2 aromatic rings.